The van der Waals surface area contributed by atoms with Gasteiger partial charge in [0, 0.05) is 11.6 Å². The Hall–Kier alpha value is -1.55. The van der Waals surface area contributed by atoms with Crippen molar-refractivity contribution in [3.8, 4) is 5.75 Å². The summed E-state index contributed by atoms with van der Waals surface area (Å²) in [6.07, 6.45) is 0.776. The van der Waals surface area contributed by atoms with Crippen LogP contribution in [0.2, 0.25) is 0 Å². The molecule has 19 heavy (non-hydrogen) atoms. The van der Waals surface area contributed by atoms with Crippen molar-refractivity contribution in [3.05, 3.63) is 29.8 Å². The number of carbonyl (C=O) groups is 1. The van der Waals surface area contributed by atoms with Gasteiger partial charge in [-0.05, 0) is 18.4 Å². The van der Waals surface area contributed by atoms with E-state index in [1.54, 1.807) is 12.1 Å². The number of ether oxygens (including phenoxy) is 1. The van der Waals surface area contributed by atoms with Gasteiger partial charge >= 0.3 is 5.97 Å². The van der Waals surface area contributed by atoms with Crippen molar-refractivity contribution in [1.82, 2.24) is 5.32 Å². The first-order valence-corrected chi connectivity index (χ1v) is 6.63. The fraction of sp³-hybridized carbons (Fsp3) is 0.533. The Labute approximate surface area is 114 Å². The van der Waals surface area contributed by atoms with Crippen molar-refractivity contribution in [3.63, 3.8) is 0 Å². The Kier molecular flexibility index (Phi) is 5.83. The van der Waals surface area contributed by atoms with Gasteiger partial charge in [-0.1, -0.05) is 39.0 Å². The second-order valence-electron chi connectivity index (χ2n) is 4.93. The smallest absolute Gasteiger partial charge is 0.323 e. The van der Waals surface area contributed by atoms with Gasteiger partial charge in [-0.25, -0.2) is 0 Å². The molecule has 0 heterocycles. The maximum absolute atomic E-state index is 11.8. The van der Waals surface area contributed by atoms with E-state index in [1.165, 1.54) is 7.11 Å². The number of para-hydroxylation sites is 1. The molecule has 1 aromatic carbocycles. The lowest BCUT2D eigenvalue weighted by molar-refractivity contribution is -0.144. The molecule has 0 radical (unpaired) electrons. The first-order valence-electron chi connectivity index (χ1n) is 6.63. The lowest BCUT2D eigenvalue weighted by atomic mass is 9.98. The summed E-state index contributed by atoms with van der Waals surface area (Å²) in [6.45, 7) is 5.94. The second-order valence-corrected chi connectivity index (χ2v) is 4.93. The minimum atomic E-state index is -0.380. The van der Waals surface area contributed by atoms with Crippen molar-refractivity contribution >= 4 is 5.97 Å². The van der Waals surface area contributed by atoms with E-state index in [0.717, 1.165) is 12.0 Å². The van der Waals surface area contributed by atoms with Crippen LogP contribution in [0.25, 0.3) is 0 Å². The molecule has 4 nitrogen and oxygen atoms in total. The highest BCUT2D eigenvalue weighted by molar-refractivity contribution is 5.76. The summed E-state index contributed by atoms with van der Waals surface area (Å²) in [5, 5.41) is 13.2. The minimum Gasteiger partial charge on any atom is -0.508 e. The van der Waals surface area contributed by atoms with E-state index < -0.39 is 0 Å². The SMILES string of the molecule is CCC(N[C@H](C(=O)OC)C(C)C)c1ccccc1O. The number of hydrogen-bond acceptors (Lipinski definition) is 4. The van der Waals surface area contributed by atoms with Crippen LogP contribution >= 0.6 is 0 Å². The van der Waals surface area contributed by atoms with E-state index in [4.69, 9.17) is 4.74 Å². The second kappa shape index (κ2) is 7.14. The average molecular weight is 265 g/mol. The standard InChI is InChI=1S/C15H23NO3/c1-5-12(11-8-6-7-9-13(11)17)16-14(10(2)3)15(18)19-4/h6-10,12,14,16-17H,5H2,1-4H3/t12?,14-/m0/s1. The molecule has 0 saturated carbocycles. The molecule has 0 spiro atoms. The largest absolute Gasteiger partial charge is 0.508 e. The zero-order valence-corrected chi connectivity index (χ0v) is 12.0. The van der Waals surface area contributed by atoms with Crippen LogP contribution in [0.15, 0.2) is 24.3 Å². The van der Waals surface area contributed by atoms with E-state index in [2.05, 4.69) is 5.32 Å². The summed E-state index contributed by atoms with van der Waals surface area (Å²) in [5.74, 6) is 0.0884. The summed E-state index contributed by atoms with van der Waals surface area (Å²) >= 11 is 0. The molecule has 1 aromatic rings. The number of aromatic hydroxyl groups is 1. The molecular weight excluding hydrogens is 242 g/mol. The quantitative estimate of drug-likeness (QED) is 0.776. The van der Waals surface area contributed by atoms with Gasteiger partial charge in [-0.2, -0.15) is 0 Å². The van der Waals surface area contributed by atoms with Gasteiger partial charge in [-0.3, -0.25) is 10.1 Å². The fourth-order valence-corrected chi connectivity index (χ4v) is 2.09. The number of benzene rings is 1. The molecule has 2 N–H and O–H groups in total. The van der Waals surface area contributed by atoms with Crippen LogP contribution in [-0.4, -0.2) is 24.2 Å². The number of phenols is 1. The number of methoxy groups -OCH3 is 1. The molecule has 1 unspecified atom stereocenters. The first kappa shape index (κ1) is 15.5. The van der Waals surface area contributed by atoms with Gasteiger partial charge in [0.2, 0.25) is 0 Å². The highest BCUT2D eigenvalue weighted by atomic mass is 16.5. The number of nitrogens with one attached hydrogen (secondary N) is 1. The van der Waals surface area contributed by atoms with Crippen LogP contribution in [-0.2, 0) is 9.53 Å². The summed E-state index contributed by atoms with van der Waals surface area (Å²) in [7, 11) is 1.39. The lowest BCUT2D eigenvalue weighted by Gasteiger charge is -2.26. The number of esters is 1. The van der Waals surface area contributed by atoms with Crippen LogP contribution in [0.1, 0.15) is 38.8 Å². The van der Waals surface area contributed by atoms with Gasteiger partial charge in [0.05, 0.1) is 7.11 Å². The average Bonchev–Trinajstić information content (AvgIpc) is 2.40. The normalized spacial score (nSPS) is 14.2. The monoisotopic (exact) mass is 265 g/mol. The molecule has 0 aliphatic heterocycles. The van der Waals surface area contributed by atoms with E-state index in [9.17, 15) is 9.90 Å². The Morgan fingerprint density at radius 2 is 2.00 bits per heavy atom. The van der Waals surface area contributed by atoms with Crippen LogP contribution in [0, 0.1) is 5.92 Å². The third kappa shape index (κ3) is 3.96. The topological polar surface area (TPSA) is 58.6 Å². The Morgan fingerprint density at radius 1 is 1.37 bits per heavy atom. The van der Waals surface area contributed by atoms with Crippen LogP contribution in [0.4, 0.5) is 0 Å². The van der Waals surface area contributed by atoms with E-state index in [1.807, 2.05) is 32.9 Å². The zero-order chi connectivity index (χ0) is 14.4. The molecule has 0 bridgehead atoms. The lowest BCUT2D eigenvalue weighted by Crippen LogP contribution is -2.43. The van der Waals surface area contributed by atoms with Gasteiger partial charge in [0.1, 0.15) is 11.8 Å². The number of hydrogen-bond donors (Lipinski definition) is 2. The first-order chi connectivity index (χ1) is 9.01. The van der Waals surface area contributed by atoms with Crippen molar-refractivity contribution in [1.29, 1.82) is 0 Å². The Balaban J connectivity index is 2.92. The maximum atomic E-state index is 11.8. The van der Waals surface area contributed by atoms with Gasteiger partial charge < -0.3 is 9.84 Å². The summed E-state index contributed by atoms with van der Waals surface area (Å²) in [6, 6.07) is 6.73. The third-order valence-electron chi connectivity index (χ3n) is 3.22. The van der Waals surface area contributed by atoms with Crippen LogP contribution in [0.5, 0.6) is 5.75 Å². The summed E-state index contributed by atoms with van der Waals surface area (Å²) in [4.78, 5) is 11.8. The number of phenolic OH excluding ortho intramolecular Hbond substituents is 1. The number of rotatable bonds is 6. The third-order valence-corrected chi connectivity index (χ3v) is 3.22. The van der Waals surface area contributed by atoms with E-state index in [0.29, 0.717) is 0 Å². The summed E-state index contributed by atoms with van der Waals surface area (Å²) < 4.78 is 4.82. The van der Waals surface area contributed by atoms with E-state index >= 15 is 0 Å². The molecule has 2 atom stereocenters. The highest BCUT2D eigenvalue weighted by Gasteiger charge is 2.26. The molecule has 0 aliphatic rings. The summed E-state index contributed by atoms with van der Waals surface area (Å²) in [5.41, 5.74) is 0.805. The zero-order valence-electron chi connectivity index (χ0n) is 12.0. The van der Waals surface area contributed by atoms with Gasteiger partial charge in [0.25, 0.3) is 0 Å². The highest BCUT2D eigenvalue weighted by Crippen LogP contribution is 2.27. The van der Waals surface area contributed by atoms with Crippen molar-refractivity contribution in [2.45, 2.75) is 39.3 Å². The van der Waals surface area contributed by atoms with Crippen molar-refractivity contribution < 1.29 is 14.6 Å². The van der Waals surface area contributed by atoms with Crippen molar-refractivity contribution in [2.24, 2.45) is 5.92 Å². The number of carbonyl (C=O) groups excluding carboxylic acids is 1. The molecule has 4 heteroatoms. The van der Waals surface area contributed by atoms with Gasteiger partial charge in [-0.15, -0.1) is 0 Å². The Bertz CT molecular complexity index is 418. The van der Waals surface area contributed by atoms with Crippen molar-refractivity contribution in [2.75, 3.05) is 7.11 Å². The van der Waals surface area contributed by atoms with Gasteiger partial charge in [0.15, 0.2) is 0 Å². The van der Waals surface area contributed by atoms with Crippen LogP contribution < -0.4 is 5.32 Å². The fourth-order valence-electron chi connectivity index (χ4n) is 2.09. The Morgan fingerprint density at radius 3 is 2.47 bits per heavy atom. The van der Waals surface area contributed by atoms with Crippen LogP contribution in [0.3, 0.4) is 0 Å². The van der Waals surface area contributed by atoms with E-state index in [-0.39, 0.29) is 29.7 Å². The molecule has 0 aromatic heterocycles. The maximum Gasteiger partial charge on any atom is 0.323 e. The predicted octanol–water partition coefficient (Wildman–Crippen LogP) is 2.63. The molecule has 106 valence electrons. The minimum absolute atomic E-state index is 0.0762. The molecule has 0 amide bonds. The molecule has 0 aliphatic carbocycles. The predicted molar refractivity (Wildman–Crippen MR) is 74.9 cm³/mol. The molecule has 0 fully saturated rings. The molecular formula is C15H23NO3. The molecule has 1 rings (SSSR count). The molecule has 0 saturated heterocycles.